The first-order chi connectivity index (χ1) is 14.1. The van der Waals surface area contributed by atoms with Crippen molar-refractivity contribution in [2.45, 2.75) is 47.0 Å². The van der Waals surface area contributed by atoms with Crippen LogP contribution in [0.5, 0.6) is 0 Å². The predicted octanol–water partition coefficient (Wildman–Crippen LogP) is 2.05. The first kappa shape index (κ1) is 26.6. The number of hydrogen-bond acceptors (Lipinski definition) is 8. The molecule has 0 aromatic carbocycles. The summed E-state index contributed by atoms with van der Waals surface area (Å²) in [6, 6.07) is 3.48. The summed E-state index contributed by atoms with van der Waals surface area (Å²) in [7, 11) is 0. The minimum absolute atomic E-state index is 0.116. The van der Waals surface area contributed by atoms with E-state index in [1.54, 1.807) is 12.1 Å². The van der Waals surface area contributed by atoms with Gasteiger partial charge in [0.2, 0.25) is 0 Å². The van der Waals surface area contributed by atoms with E-state index in [1.165, 1.54) is 27.7 Å². The maximum atomic E-state index is 12.7. The Balaban J connectivity index is 7.12. The normalized spacial score (nSPS) is 15.3. The largest absolute Gasteiger partial charge is 0.481 e. The van der Waals surface area contributed by atoms with Gasteiger partial charge in [0.1, 0.15) is 0 Å². The summed E-state index contributed by atoms with van der Waals surface area (Å²) >= 11 is 0. The molecular formula is C20H26N2O8. The van der Waals surface area contributed by atoms with Crippen molar-refractivity contribution in [3.63, 3.8) is 0 Å². The molecule has 0 aliphatic heterocycles. The third-order valence-corrected chi connectivity index (χ3v) is 4.72. The van der Waals surface area contributed by atoms with Gasteiger partial charge in [-0.1, -0.05) is 13.8 Å². The first-order valence-electron chi connectivity index (χ1n) is 9.44. The van der Waals surface area contributed by atoms with Crippen LogP contribution in [0.3, 0.4) is 0 Å². The molecule has 164 valence electrons. The van der Waals surface area contributed by atoms with Gasteiger partial charge in [-0.05, 0) is 32.3 Å². The van der Waals surface area contributed by atoms with Crippen molar-refractivity contribution in [2.75, 3.05) is 13.2 Å². The maximum absolute atomic E-state index is 12.7. The summed E-state index contributed by atoms with van der Waals surface area (Å²) in [5.41, 5.74) is -2.88. The van der Waals surface area contributed by atoms with Gasteiger partial charge in [0.15, 0.2) is 11.3 Å². The Hall–Kier alpha value is -3.40. The lowest BCUT2D eigenvalue weighted by Crippen LogP contribution is -2.44. The monoisotopic (exact) mass is 422 g/mol. The number of esters is 2. The molecular weight excluding hydrogens is 396 g/mol. The van der Waals surface area contributed by atoms with Crippen LogP contribution in [-0.2, 0) is 28.7 Å². The van der Waals surface area contributed by atoms with Crippen LogP contribution in [0.4, 0.5) is 0 Å². The average Bonchev–Trinajstić information content (AvgIpc) is 2.68. The van der Waals surface area contributed by atoms with E-state index >= 15 is 0 Å². The Morgan fingerprint density at radius 1 is 1.00 bits per heavy atom. The zero-order valence-corrected chi connectivity index (χ0v) is 17.4. The SMILES string of the molecule is CCOC(=O)C(C(=O)O)C(CC#N)/C(C#N)=C(/CC)C(CC)(C(=O)O)C(=O)OCC. The standard InChI is InChI=1S/C20H26N2O8/c1-5-14(20(6-2,18(26)27)19(28)30-8-4)13(11-22)12(9-10-21)15(16(23)24)17(25)29-7-3/h12,15H,5-9H2,1-4H3,(H,23,24)(H,26,27)/b14-13-. The smallest absolute Gasteiger partial charge is 0.327 e. The Morgan fingerprint density at radius 2 is 1.57 bits per heavy atom. The van der Waals surface area contributed by atoms with Crippen LogP contribution in [0.25, 0.3) is 0 Å². The van der Waals surface area contributed by atoms with Crippen molar-refractivity contribution in [3.05, 3.63) is 11.1 Å². The fourth-order valence-corrected chi connectivity index (χ4v) is 3.35. The van der Waals surface area contributed by atoms with E-state index < -0.39 is 53.1 Å². The molecule has 0 aromatic rings. The van der Waals surface area contributed by atoms with Crippen LogP contribution in [0.1, 0.15) is 47.0 Å². The van der Waals surface area contributed by atoms with Gasteiger partial charge in [-0.3, -0.25) is 19.2 Å². The third kappa shape index (κ3) is 5.35. The number of ether oxygens (including phenoxy) is 2. The minimum Gasteiger partial charge on any atom is -0.481 e. The number of carbonyl (C=O) groups excluding carboxylic acids is 2. The van der Waals surface area contributed by atoms with Crippen molar-refractivity contribution in [3.8, 4) is 12.1 Å². The number of carboxylic acids is 2. The zero-order chi connectivity index (χ0) is 23.5. The molecule has 0 saturated carbocycles. The van der Waals surface area contributed by atoms with E-state index in [0.717, 1.165) is 0 Å². The summed E-state index contributed by atoms with van der Waals surface area (Å²) in [5.74, 6) is -8.92. The van der Waals surface area contributed by atoms with Gasteiger partial charge in [-0.25, -0.2) is 0 Å². The number of carboxylic acid groups (broad SMARTS) is 2. The highest BCUT2D eigenvalue weighted by molar-refractivity contribution is 6.03. The Bertz CT molecular complexity index is 790. The molecule has 0 spiro atoms. The fraction of sp³-hybridized carbons (Fsp3) is 0.600. The van der Waals surface area contributed by atoms with Crippen LogP contribution in [0, 0.1) is 39.9 Å². The van der Waals surface area contributed by atoms with Crippen LogP contribution in [0.2, 0.25) is 0 Å². The lowest BCUT2D eigenvalue weighted by Gasteiger charge is -2.31. The van der Waals surface area contributed by atoms with Gasteiger partial charge < -0.3 is 19.7 Å². The number of carbonyl (C=O) groups is 4. The quantitative estimate of drug-likeness (QED) is 0.269. The Kier molecular flexibility index (Phi) is 10.8. The van der Waals surface area contributed by atoms with Crippen molar-refractivity contribution in [2.24, 2.45) is 17.3 Å². The van der Waals surface area contributed by atoms with Gasteiger partial charge in [0.25, 0.3) is 0 Å². The van der Waals surface area contributed by atoms with Crippen LogP contribution in [-0.4, -0.2) is 47.3 Å². The molecule has 10 heteroatoms. The first-order valence-corrected chi connectivity index (χ1v) is 9.44. The highest BCUT2D eigenvalue weighted by Gasteiger charge is 2.52. The molecule has 3 unspecified atom stereocenters. The highest BCUT2D eigenvalue weighted by Crippen LogP contribution is 2.41. The Labute approximate surface area is 174 Å². The number of allylic oxidation sites excluding steroid dienone is 1. The van der Waals surface area contributed by atoms with Crippen LogP contribution >= 0.6 is 0 Å². The molecule has 0 fully saturated rings. The van der Waals surface area contributed by atoms with Gasteiger partial charge >= 0.3 is 23.9 Å². The van der Waals surface area contributed by atoms with E-state index in [2.05, 4.69) is 0 Å². The molecule has 30 heavy (non-hydrogen) atoms. The fourth-order valence-electron chi connectivity index (χ4n) is 3.35. The van der Waals surface area contributed by atoms with E-state index in [9.17, 15) is 39.9 Å². The van der Waals surface area contributed by atoms with Crippen molar-refractivity contribution >= 4 is 23.9 Å². The molecule has 0 radical (unpaired) electrons. The van der Waals surface area contributed by atoms with Crippen molar-refractivity contribution in [1.82, 2.24) is 0 Å². The number of rotatable bonds is 12. The summed E-state index contributed by atoms with van der Waals surface area (Å²) < 4.78 is 9.71. The molecule has 0 aromatic heterocycles. The number of hydrogen-bond donors (Lipinski definition) is 2. The van der Waals surface area contributed by atoms with Crippen molar-refractivity contribution in [1.29, 1.82) is 10.5 Å². The molecule has 0 aliphatic carbocycles. The van der Waals surface area contributed by atoms with Gasteiger partial charge in [0, 0.05) is 17.9 Å². The second kappa shape index (κ2) is 12.2. The van der Waals surface area contributed by atoms with Crippen LogP contribution in [0.15, 0.2) is 11.1 Å². The molecule has 0 aliphatic rings. The molecule has 0 heterocycles. The van der Waals surface area contributed by atoms with E-state index in [0.29, 0.717) is 0 Å². The average molecular weight is 422 g/mol. The third-order valence-electron chi connectivity index (χ3n) is 4.72. The summed E-state index contributed by atoms with van der Waals surface area (Å²) in [5, 5.41) is 38.5. The van der Waals surface area contributed by atoms with E-state index in [4.69, 9.17) is 9.47 Å². The molecule has 0 amide bonds. The predicted molar refractivity (Wildman–Crippen MR) is 101 cm³/mol. The number of aliphatic carboxylic acids is 2. The Morgan fingerprint density at radius 3 is 1.90 bits per heavy atom. The molecule has 0 bridgehead atoms. The molecule has 10 nitrogen and oxygen atoms in total. The molecule has 3 atom stereocenters. The topological polar surface area (TPSA) is 175 Å². The zero-order valence-electron chi connectivity index (χ0n) is 17.4. The second-order valence-corrected chi connectivity index (χ2v) is 6.18. The van der Waals surface area contributed by atoms with Crippen LogP contribution < -0.4 is 0 Å². The summed E-state index contributed by atoms with van der Waals surface area (Å²) in [6.45, 7) is 5.60. The van der Waals surface area contributed by atoms with Gasteiger partial charge in [0.05, 0.1) is 25.4 Å². The summed E-state index contributed by atoms with van der Waals surface area (Å²) in [6.07, 6.45) is -0.991. The van der Waals surface area contributed by atoms with Gasteiger partial charge in [-0.15, -0.1) is 0 Å². The molecule has 0 saturated heterocycles. The molecule has 0 rings (SSSR count). The second-order valence-electron chi connectivity index (χ2n) is 6.18. The van der Waals surface area contributed by atoms with Crippen molar-refractivity contribution < 1.29 is 38.9 Å². The highest BCUT2D eigenvalue weighted by atomic mass is 16.5. The van der Waals surface area contributed by atoms with E-state index in [-0.39, 0.29) is 31.6 Å². The minimum atomic E-state index is -2.26. The molecule has 2 N–H and O–H groups in total. The number of nitriles is 2. The lowest BCUT2D eigenvalue weighted by atomic mass is 9.70. The number of nitrogens with zero attached hydrogens (tertiary/aromatic N) is 2. The maximum Gasteiger partial charge on any atom is 0.327 e. The van der Waals surface area contributed by atoms with E-state index in [1.807, 2.05) is 0 Å². The lowest BCUT2D eigenvalue weighted by molar-refractivity contribution is -0.166. The van der Waals surface area contributed by atoms with Gasteiger partial charge in [-0.2, -0.15) is 10.5 Å². The summed E-state index contributed by atoms with van der Waals surface area (Å²) in [4.78, 5) is 48.9.